The summed E-state index contributed by atoms with van der Waals surface area (Å²) in [6, 6.07) is 21.8. The van der Waals surface area contributed by atoms with Gasteiger partial charge in [0.25, 0.3) is 5.91 Å². The fourth-order valence-electron chi connectivity index (χ4n) is 2.40. The Morgan fingerprint density at radius 2 is 1.80 bits per heavy atom. The lowest BCUT2D eigenvalue weighted by Gasteiger charge is -2.08. The lowest BCUT2D eigenvalue weighted by atomic mass is 10.1. The molecule has 3 aromatic rings. The number of rotatable bonds is 5. The van der Waals surface area contributed by atoms with E-state index in [0.29, 0.717) is 17.7 Å². The fraction of sp³-hybridized carbons (Fsp3) is 0.100. The van der Waals surface area contributed by atoms with Crippen LogP contribution in [-0.4, -0.2) is 11.0 Å². The van der Waals surface area contributed by atoms with Crippen molar-refractivity contribution >= 4 is 17.2 Å². The SMILES string of the molecule is N#Cc1ccc(C(=O)NCc2ccc([C@@H](O)c3ccccc3)s2)cc1. The molecule has 0 aliphatic carbocycles. The third kappa shape index (κ3) is 4.13. The second-order valence-corrected chi connectivity index (χ2v) is 6.69. The number of carbonyl (C=O) groups excluding carboxylic acids is 1. The van der Waals surface area contributed by atoms with Gasteiger partial charge in [-0.05, 0) is 42.0 Å². The first-order valence-electron chi connectivity index (χ1n) is 7.77. The number of thiophene rings is 1. The highest BCUT2D eigenvalue weighted by Gasteiger charge is 2.13. The minimum atomic E-state index is -0.658. The summed E-state index contributed by atoms with van der Waals surface area (Å²) in [6.07, 6.45) is -0.658. The number of amides is 1. The van der Waals surface area contributed by atoms with Gasteiger partial charge in [-0.2, -0.15) is 5.26 Å². The van der Waals surface area contributed by atoms with Crippen LogP contribution in [0.2, 0.25) is 0 Å². The summed E-state index contributed by atoms with van der Waals surface area (Å²) in [5, 5.41) is 22.0. The van der Waals surface area contributed by atoms with Crippen LogP contribution >= 0.6 is 11.3 Å². The van der Waals surface area contributed by atoms with E-state index in [1.54, 1.807) is 24.3 Å². The normalized spacial score (nSPS) is 11.5. The number of hydrogen-bond acceptors (Lipinski definition) is 4. The van der Waals surface area contributed by atoms with E-state index in [4.69, 9.17) is 5.26 Å². The van der Waals surface area contributed by atoms with E-state index in [9.17, 15) is 9.90 Å². The first-order valence-corrected chi connectivity index (χ1v) is 8.59. The van der Waals surface area contributed by atoms with Crippen molar-refractivity contribution in [3.05, 3.63) is 93.2 Å². The van der Waals surface area contributed by atoms with Crippen molar-refractivity contribution in [2.24, 2.45) is 0 Å². The van der Waals surface area contributed by atoms with Gasteiger partial charge in [0.15, 0.2) is 0 Å². The Bertz CT molecular complexity index is 895. The van der Waals surface area contributed by atoms with Crippen LogP contribution in [0.1, 0.15) is 37.3 Å². The number of nitriles is 1. The Hall–Kier alpha value is -2.94. The third-order valence-electron chi connectivity index (χ3n) is 3.77. The maximum absolute atomic E-state index is 12.1. The largest absolute Gasteiger partial charge is 0.383 e. The van der Waals surface area contributed by atoms with Gasteiger partial charge in [-0.15, -0.1) is 11.3 Å². The average Bonchev–Trinajstić information content (AvgIpc) is 3.15. The van der Waals surface area contributed by atoms with E-state index in [2.05, 4.69) is 5.32 Å². The van der Waals surface area contributed by atoms with E-state index in [1.165, 1.54) is 11.3 Å². The van der Waals surface area contributed by atoms with Gasteiger partial charge in [-0.1, -0.05) is 30.3 Å². The third-order valence-corrected chi connectivity index (χ3v) is 4.90. The van der Waals surface area contributed by atoms with Crippen molar-refractivity contribution in [3.8, 4) is 6.07 Å². The maximum atomic E-state index is 12.1. The number of benzene rings is 2. The van der Waals surface area contributed by atoms with Crippen LogP contribution in [-0.2, 0) is 6.54 Å². The second-order valence-electron chi connectivity index (χ2n) is 5.49. The van der Waals surface area contributed by atoms with Crippen molar-refractivity contribution in [3.63, 3.8) is 0 Å². The molecule has 5 heteroatoms. The number of nitrogens with one attached hydrogen (secondary N) is 1. The molecule has 0 aliphatic rings. The summed E-state index contributed by atoms with van der Waals surface area (Å²) in [4.78, 5) is 13.9. The van der Waals surface area contributed by atoms with Gasteiger partial charge in [-0.3, -0.25) is 4.79 Å². The second kappa shape index (κ2) is 7.75. The average molecular weight is 348 g/mol. The zero-order chi connectivity index (χ0) is 17.6. The number of aliphatic hydroxyl groups is 1. The number of carbonyl (C=O) groups is 1. The summed E-state index contributed by atoms with van der Waals surface area (Å²) in [5.74, 6) is -0.192. The Labute approximate surface area is 150 Å². The summed E-state index contributed by atoms with van der Waals surface area (Å²) < 4.78 is 0. The van der Waals surface area contributed by atoms with Gasteiger partial charge in [0.1, 0.15) is 6.10 Å². The zero-order valence-corrected chi connectivity index (χ0v) is 14.2. The molecule has 3 rings (SSSR count). The van der Waals surface area contributed by atoms with Gasteiger partial charge in [0.05, 0.1) is 18.2 Å². The highest BCUT2D eigenvalue weighted by atomic mass is 32.1. The molecule has 0 spiro atoms. The Morgan fingerprint density at radius 1 is 1.08 bits per heavy atom. The molecular weight excluding hydrogens is 332 g/mol. The highest BCUT2D eigenvalue weighted by Crippen LogP contribution is 2.28. The maximum Gasteiger partial charge on any atom is 0.251 e. The van der Waals surface area contributed by atoms with Gasteiger partial charge in [0.2, 0.25) is 0 Å². The molecule has 4 nitrogen and oxygen atoms in total. The van der Waals surface area contributed by atoms with Gasteiger partial charge in [0, 0.05) is 15.3 Å². The molecule has 2 N–H and O–H groups in total. The Balaban J connectivity index is 1.61. The van der Waals surface area contributed by atoms with Crippen LogP contribution < -0.4 is 5.32 Å². The van der Waals surface area contributed by atoms with E-state index < -0.39 is 6.10 Å². The first-order chi connectivity index (χ1) is 12.2. The monoisotopic (exact) mass is 348 g/mol. The Kier molecular flexibility index (Phi) is 5.24. The van der Waals surface area contributed by atoms with Crippen LogP contribution in [0.25, 0.3) is 0 Å². The molecule has 0 bridgehead atoms. The van der Waals surface area contributed by atoms with E-state index >= 15 is 0 Å². The van der Waals surface area contributed by atoms with E-state index in [0.717, 1.165) is 15.3 Å². The van der Waals surface area contributed by atoms with Crippen LogP contribution in [0.5, 0.6) is 0 Å². The molecule has 1 amide bonds. The van der Waals surface area contributed by atoms with Crippen LogP contribution in [0.3, 0.4) is 0 Å². The molecule has 25 heavy (non-hydrogen) atoms. The lowest BCUT2D eigenvalue weighted by molar-refractivity contribution is 0.0951. The Morgan fingerprint density at radius 3 is 2.48 bits per heavy atom. The van der Waals surface area contributed by atoms with E-state index in [1.807, 2.05) is 48.5 Å². The predicted molar refractivity (Wildman–Crippen MR) is 97.2 cm³/mol. The summed E-state index contributed by atoms with van der Waals surface area (Å²) in [6.45, 7) is 0.394. The summed E-state index contributed by atoms with van der Waals surface area (Å²) in [5.41, 5.74) is 1.88. The molecule has 1 heterocycles. The number of nitrogens with zero attached hydrogens (tertiary/aromatic N) is 1. The number of aliphatic hydroxyl groups excluding tert-OH is 1. The molecule has 1 atom stereocenters. The summed E-state index contributed by atoms with van der Waals surface area (Å²) >= 11 is 1.47. The van der Waals surface area contributed by atoms with E-state index in [-0.39, 0.29) is 5.91 Å². The fourth-order valence-corrected chi connectivity index (χ4v) is 3.37. The quantitative estimate of drug-likeness (QED) is 0.739. The molecular formula is C20H16N2O2S. The van der Waals surface area contributed by atoms with Crippen molar-refractivity contribution in [2.75, 3.05) is 0 Å². The van der Waals surface area contributed by atoms with Crippen molar-refractivity contribution in [1.82, 2.24) is 5.32 Å². The standard InChI is InChI=1S/C20H16N2O2S/c21-12-14-6-8-16(9-7-14)20(24)22-13-17-10-11-18(25-17)19(23)15-4-2-1-3-5-15/h1-11,19,23H,13H2,(H,22,24)/t19-/m0/s1. The lowest BCUT2D eigenvalue weighted by Crippen LogP contribution is -2.22. The van der Waals surface area contributed by atoms with Crippen molar-refractivity contribution in [1.29, 1.82) is 5.26 Å². The molecule has 0 unspecified atom stereocenters. The molecule has 1 aromatic heterocycles. The molecule has 0 saturated carbocycles. The molecule has 0 radical (unpaired) electrons. The zero-order valence-electron chi connectivity index (χ0n) is 13.3. The van der Waals surface area contributed by atoms with Gasteiger partial charge in [-0.25, -0.2) is 0 Å². The number of hydrogen-bond donors (Lipinski definition) is 2. The van der Waals surface area contributed by atoms with Crippen LogP contribution in [0.4, 0.5) is 0 Å². The highest BCUT2D eigenvalue weighted by molar-refractivity contribution is 7.12. The topological polar surface area (TPSA) is 73.1 Å². The van der Waals surface area contributed by atoms with Crippen molar-refractivity contribution < 1.29 is 9.90 Å². The minimum absolute atomic E-state index is 0.192. The molecule has 0 saturated heterocycles. The molecule has 0 aliphatic heterocycles. The van der Waals surface area contributed by atoms with Gasteiger partial charge >= 0.3 is 0 Å². The molecule has 2 aromatic carbocycles. The first kappa shape index (κ1) is 16.9. The predicted octanol–water partition coefficient (Wildman–Crippen LogP) is 3.63. The molecule has 0 fully saturated rings. The molecule has 124 valence electrons. The summed E-state index contributed by atoms with van der Waals surface area (Å²) in [7, 11) is 0. The van der Waals surface area contributed by atoms with Gasteiger partial charge < -0.3 is 10.4 Å². The van der Waals surface area contributed by atoms with Crippen LogP contribution in [0, 0.1) is 11.3 Å². The van der Waals surface area contributed by atoms with Crippen molar-refractivity contribution in [2.45, 2.75) is 12.6 Å². The smallest absolute Gasteiger partial charge is 0.251 e. The minimum Gasteiger partial charge on any atom is -0.383 e. The van der Waals surface area contributed by atoms with Crippen LogP contribution in [0.15, 0.2) is 66.7 Å².